The van der Waals surface area contributed by atoms with Gasteiger partial charge in [0.2, 0.25) is 0 Å². The van der Waals surface area contributed by atoms with E-state index < -0.39 is 6.10 Å². The molecule has 27 heavy (non-hydrogen) atoms. The number of nitrogens with one attached hydrogen (secondary N) is 1. The van der Waals surface area contributed by atoms with Crippen LogP contribution >= 0.6 is 22.9 Å². The van der Waals surface area contributed by atoms with Crippen LogP contribution in [0.2, 0.25) is 5.02 Å². The van der Waals surface area contributed by atoms with E-state index in [0.29, 0.717) is 15.9 Å². The second-order valence-corrected chi connectivity index (χ2v) is 8.10. The number of thiazole rings is 1. The first-order valence-electron chi connectivity index (χ1n) is 8.94. The van der Waals surface area contributed by atoms with E-state index in [9.17, 15) is 4.79 Å². The standard InChI is InChI=1S/C19H24ClN3O3S/c1-12-8-23(9-13(2)25-12)10-16-11-27-19(21-16)22-18(24)14(3)26-17-6-4-5-15(20)7-17/h4-7,11-14H,8-10H2,1-3H3,(H,21,22,24). The van der Waals surface area contributed by atoms with Crippen LogP contribution in [-0.2, 0) is 16.1 Å². The van der Waals surface area contributed by atoms with E-state index in [2.05, 4.69) is 29.0 Å². The number of amides is 1. The van der Waals surface area contributed by atoms with Crippen molar-refractivity contribution < 1.29 is 14.3 Å². The average molecular weight is 410 g/mol. The van der Waals surface area contributed by atoms with E-state index in [-0.39, 0.29) is 18.1 Å². The summed E-state index contributed by atoms with van der Waals surface area (Å²) in [6.07, 6.45) is -0.219. The molecule has 2 aromatic rings. The van der Waals surface area contributed by atoms with E-state index in [4.69, 9.17) is 21.1 Å². The second kappa shape index (κ2) is 9.01. The normalized spacial score (nSPS) is 21.6. The van der Waals surface area contributed by atoms with Crippen LogP contribution in [0.3, 0.4) is 0 Å². The van der Waals surface area contributed by atoms with E-state index in [0.717, 1.165) is 25.3 Å². The first kappa shape index (κ1) is 20.1. The lowest BCUT2D eigenvalue weighted by Crippen LogP contribution is -2.44. The number of hydrogen-bond donors (Lipinski definition) is 1. The van der Waals surface area contributed by atoms with Gasteiger partial charge in [-0.3, -0.25) is 15.0 Å². The predicted molar refractivity (Wildman–Crippen MR) is 108 cm³/mol. The summed E-state index contributed by atoms with van der Waals surface area (Å²) in [5.74, 6) is 0.310. The molecule has 8 heteroatoms. The Balaban J connectivity index is 1.53. The maximum absolute atomic E-state index is 12.4. The molecule has 1 amide bonds. The highest BCUT2D eigenvalue weighted by Crippen LogP contribution is 2.21. The zero-order valence-electron chi connectivity index (χ0n) is 15.6. The third-order valence-corrected chi connectivity index (χ3v) is 5.18. The van der Waals surface area contributed by atoms with Gasteiger partial charge in [0.15, 0.2) is 11.2 Å². The van der Waals surface area contributed by atoms with E-state index in [1.165, 1.54) is 11.3 Å². The van der Waals surface area contributed by atoms with Crippen LogP contribution in [0.15, 0.2) is 29.6 Å². The van der Waals surface area contributed by atoms with Crippen LogP contribution in [0, 0.1) is 0 Å². The highest BCUT2D eigenvalue weighted by atomic mass is 35.5. The molecule has 1 saturated heterocycles. The van der Waals surface area contributed by atoms with Crippen LogP contribution in [0.5, 0.6) is 5.75 Å². The lowest BCUT2D eigenvalue weighted by molar-refractivity contribution is -0.122. The van der Waals surface area contributed by atoms with Gasteiger partial charge in [-0.2, -0.15) is 0 Å². The average Bonchev–Trinajstić information content (AvgIpc) is 3.00. The summed E-state index contributed by atoms with van der Waals surface area (Å²) < 4.78 is 11.4. The number of anilines is 1. The molecule has 0 bridgehead atoms. The van der Waals surface area contributed by atoms with Crippen molar-refractivity contribution in [2.24, 2.45) is 0 Å². The third-order valence-electron chi connectivity index (χ3n) is 4.14. The Morgan fingerprint density at radius 2 is 2.19 bits per heavy atom. The number of halogens is 1. The number of rotatable bonds is 6. The summed E-state index contributed by atoms with van der Waals surface area (Å²) in [6, 6.07) is 6.98. The van der Waals surface area contributed by atoms with E-state index >= 15 is 0 Å². The fraction of sp³-hybridized carbons (Fsp3) is 0.474. The van der Waals surface area contributed by atoms with Crippen LogP contribution in [-0.4, -0.2) is 47.2 Å². The summed E-state index contributed by atoms with van der Waals surface area (Å²) in [5, 5.41) is 5.94. The van der Waals surface area contributed by atoms with E-state index in [1.54, 1.807) is 31.2 Å². The minimum atomic E-state index is -0.656. The Labute approximate surface area is 168 Å². The largest absolute Gasteiger partial charge is 0.481 e. The van der Waals surface area contributed by atoms with Gasteiger partial charge in [0.05, 0.1) is 17.9 Å². The fourth-order valence-electron chi connectivity index (χ4n) is 3.08. The Kier molecular flexibility index (Phi) is 6.70. The molecule has 1 aromatic heterocycles. The Morgan fingerprint density at radius 3 is 2.89 bits per heavy atom. The zero-order valence-corrected chi connectivity index (χ0v) is 17.2. The molecule has 1 N–H and O–H groups in total. The molecular formula is C19H24ClN3O3S. The van der Waals surface area contributed by atoms with Crippen LogP contribution in [0.4, 0.5) is 5.13 Å². The monoisotopic (exact) mass is 409 g/mol. The minimum absolute atomic E-state index is 0.219. The van der Waals surface area contributed by atoms with Gasteiger partial charge in [-0.05, 0) is 39.0 Å². The number of ether oxygens (including phenoxy) is 2. The van der Waals surface area contributed by atoms with Crippen LogP contribution < -0.4 is 10.1 Å². The SMILES string of the molecule is CC1CN(Cc2csc(NC(=O)C(C)Oc3cccc(Cl)c3)n2)CC(C)O1. The highest BCUT2D eigenvalue weighted by molar-refractivity contribution is 7.13. The van der Waals surface area contributed by atoms with Gasteiger partial charge in [0.1, 0.15) is 5.75 Å². The van der Waals surface area contributed by atoms with Gasteiger partial charge in [0, 0.05) is 30.0 Å². The number of carbonyl (C=O) groups is 1. The topological polar surface area (TPSA) is 63.7 Å². The predicted octanol–water partition coefficient (Wildman–Crippen LogP) is 3.81. The van der Waals surface area contributed by atoms with Gasteiger partial charge in [-0.25, -0.2) is 4.98 Å². The molecule has 0 saturated carbocycles. The summed E-state index contributed by atoms with van der Waals surface area (Å²) in [4.78, 5) is 19.2. The van der Waals surface area contributed by atoms with Crippen molar-refractivity contribution in [2.75, 3.05) is 18.4 Å². The zero-order chi connectivity index (χ0) is 19.4. The molecule has 3 unspecified atom stereocenters. The smallest absolute Gasteiger partial charge is 0.266 e. The van der Waals surface area contributed by atoms with Gasteiger partial charge in [-0.1, -0.05) is 17.7 Å². The quantitative estimate of drug-likeness (QED) is 0.785. The molecule has 1 aliphatic rings. The highest BCUT2D eigenvalue weighted by Gasteiger charge is 2.23. The van der Waals surface area contributed by atoms with Crippen molar-refractivity contribution in [3.05, 3.63) is 40.4 Å². The van der Waals surface area contributed by atoms with Crippen molar-refractivity contribution >= 4 is 34.0 Å². The molecule has 3 atom stereocenters. The maximum atomic E-state index is 12.4. The lowest BCUT2D eigenvalue weighted by Gasteiger charge is -2.34. The summed E-state index contributed by atoms with van der Waals surface area (Å²) in [7, 11) is 0. The van der Waals surface area contributed by atoms with Crippen molar-refractivity contribution in [2.45, 2.75) is 45.6 Å². The van der Waals surface area contributed by atoms with Gasteiger partial charge in [-0.15, -0.1) is 11.3 Å². The first-order valence-corrected chi connectivity index (χ1v) is 10.2. The molecule has 1 aliphatic heterocycles. The molecular weight excluding hydrogens is 386 g/mol. The Bertz CT molecular complexity index is 775. The Morgan fingerprint density at radius 1 is 1.44 bits per heavy atom. The second-order valence-electron chi connectivity index (χ2n) is 6.80. The molecule has 6 nitrogen and oxygen atoms in total. The lowest BCUT2D eigenvalue weighted by atomic mass is 10.2. The molecule has 0 aliphatic carbocycles. The van der Waals surface area contributed by atoms with Crippen molar-refractivity contribution in [3.63, 3.8) is 0 Å². The number of hydrogen-bond acceptors (Lipinski definition) is 6. The Hall–Kier alpha value is -1.67. The minimum Gasteiger partial charge on any atom is -0.481 e. The molecule has 146 valence electrons. The summed E-state index contributed by atoms with van der Waals surface area (Å²) in [5.41, 5.74) is 0.944. The number of aromatic nitrogens is 1. The van der Waals surface area contributed by atoms with Crippen LogP contribution in [0.1, 0.15) is 26.5 Å². The van der Waals surface area contributed by atoms with E-state index in [1.807, 2.05) is 5.38 Å². The number of nitrogens with zero attached hydrogens (tertiary/aromatic N) is 2. The number of morpholine rings is 1. The fourth-order valence-corrected chi connectivity index (χ4v) is 3.97. The molecule has 1 aromatic carbocycles. The summed E-state index contributed by atoms with van der Waals surface area (Å²) in [6.45, 7) is 8.37. The van der Waals surface area contributed by atoms with Crippen LogP contribution in [0.25, 0.3) is 0 Å². The molecule has 2 heterocycles. The molecule has 0 radical (unpaired) electrons. The van der Waals surface area contributed by atoms with Gasteiger partial charge in [0.25, 0.3) is 5.91 Å². The van der Waals surface area contributed by atoms with Gasteiger partial charge < -0.3 is 9.47 Å². The van der Waals surface area contributed by atoms with Crippen molar-refractivity contribution in [3.8, 4) is 5.75 Å². The van der Waals surface area contributed by atoms with Crippen molar-refractivity contribution in [1.82, 2.24) is 9.88 Å². The number of carbonyl (C=O) groups excluding carboxylic acids is 1. The molecule has 1 fully saturated rings. The van der Waals surface area contributed by atoms with Crippen molar-refractivity contribution in [1.29, 1.82) is 0 Å². The van der Waals surface area contributed by atoms with Gasteiger partial charge >= 0.3 is 0 Å². The number of benzene rings is 1. The summed E-state index contributed by atoms with van der Waals surface area (Å²) >= 11 is 7.35. The third kappa shape index (κ3) is 5.90. The molecule has 0 spiro atoms. The maximum Gasteiger partial charge on any atom is 0.266 e. The molecule has 3 rings (SSSR count). The first-order chi connectivity index (χ1) is 12.9.